The van der Waals surface area contributed by atoms with Gasteiger partial charge in [-0.2, -0.15) is 0 Å². The average Bonchev–Trinajstić information content (AvgIpc) is 2.83. The number of nitrogens with zero attached hydrogens (tertiary/aromatic N) is 1. The van der Waals surface area contributed by atoms with Crippen LogP contribution in [0.15, 0.2) is 36.5 Å². The number of carbonyl (C=O) groups excluding carboxylic acids is 1. The van der Waals surface area contributed by atoms with Crippen molar-refractivity contribution >= 4 is 16.8 Å². The first kappa shape index (κ1) is 15.0. The van der Waals surface area contributed by atoms with Crippen molar-refractivity contribution < 1.29 is 4.79 Å². The van der Waals surface area contributed by atoms with Crippen molar-refractivity contribution in [3.63, 3.8) is 0 Å². The molecule has 1 aromatic carbocycles. The molecular weight excluding hydrogens is 272 g/mol. The van der Waals surface area contributed by atoms with E-state index in [2.05, 4.69) is 17.2 Å². The van der Waals surface area contributed by atoms with Gasteiger partial charge in [-0.3, -0.25) is 9.78 Å². The number of hydrogen-bond donors (Lipinski definition) is 1. The maximum atomic E-state index is 12.7. The summed E-state index contributed by atoms with van der Waals surface area (Å²) in [6.45, 7) is 2.15. The first-order valence-corrected chi connectivity index (χ1v) is 8.40. The number of amides is 1. The third-order valence-electron chi connectivity index (χ3n) is 4.86. The van der Waals surface area contributed by atoms with Crippen molar-refractivity contribution in [1.82, 2.24) is 10.3 Å². The third kappa shape index (κ3) is 3.29. The van der Waals surface area contributed by atoms with E-state index in [0.29, 0.717) is 5.92 Å². The lowest BCUT2D eigenvalue weighted by Gasteiger charge is -2.23. The lowest BCUT2D eigenvalue weighted by atomic mass is 9.92. The molecule has 1 heterocycles. The summed E-state index contributed by atoms with van der Waals surface area (Å²) in [7, 11) is 0. The normalized spacial score (nSPS) is 17.9. The molecule has 1 N–H and O–H groups in total. The molecule has 1 aromatic heterocycles. The fraction of sp³-hybridized carbons (Fsp3) is 0.474. The predicted octanol–water partition coefficient (Wildman–Crippen LogP) is 4.32. The number of rotatable bonds is 3. The Bertz CT molecular complexity index is 639. The molecule has 1 fully saturated rings. The number of pyridine rings is 1. The van der Waals surface area contributed by atoms with Crippen LogP contribution in [0.4, 0.5) is 0 Å². The summed E-state index contributed by atoms with van der Waals surface area (Å²) in [6, 6.07) is 9.87. The molecule has 0 unspecified atom stereocenters. The lowest BCUT2D eigenvalue weighted by molar-refractivity contribution is 0.0925. The van der Waals surface area contributed by atoms with E-state index in [9.17, 15) is 4.79 Å². The van der Waals surface area contributed by atoms with Crippen molar-refractivity contribution in [1.29, 1.82) is 0 Å². The van der Waals surface area contributed by atoms with E-state index in [1.807, 2.05) is 30.3 Å². The van der Waals surface area contributed by atoms with Crippen LogP contribution < -0.4 is 5.32 Å². The molecule has 1 amide bonds. The quantitative estimate of drug-likeness (QED) is 0.857. The molecular formula is C19H24N2O. The summed E-state index contributed by atoms with van der Waals surface area (Å²) in [6.07, 6.45) is 9.45. The summed E-state index contributed by atoms with van der Waals surface area (Å²) in [5.74, 6) is 0.634. The number of carbonyl (C=O) groups is 1. The smallest absolute Gasteiger partial charge is 0.252 e. The van der Waals surface area contributed by atoms with Crippen molar-refractivity contribution in [2.45, 2.75) is 51.5 Å². The zero-order valence-electron chi connectivity index (χ0n) is 13.2. The molecule has 0 saturated heterocycles. The van der Waals surface area contributed by atoms with E-state index in [1.54, 1.807) is 6.20 Å². The second kappa shape index (κ2) is 6.91. The Labute approximate surface area is 132 Å². The largest absolute Gasteiger partial charge is 0.349 e. The molecule has 1 aliphatic rings. The topological polar surface area (TPSA) is 42.0 Å². The summed E-state index contributed by atoms with van der Waals surface area (Å²) in [4.78, 5) is 17.0. The van der Waals surface area contributed by atoms with Crippen LogP contribution in [0.3, 0.4) is 0 Å². The highest BCUT2D eigenvalue weighted by atomic mass is 16.1. The van der Waals surface area contributed by atoms with Gasteiger partial charge in [-0.1, -0.05) is 43.9 Å². The third-order valence-corrected chi connectivity index (χ3v) is 4.86. The van der Waals surface area contributed by atoms with Crippen molar-refractivity contribution in [3.05, 3.63) is 42.1 Å². The molecule has 3 nitrogen and oxygen atoms in total. The number of nitrogens with one attached hydrogen (secondary N) is 1. The molecule has 0 bridgehead atoms. The zero-order valence-corrected chi connectivity index (χ0v) is 13.2. The predicted molar refractivity (Wildman–Crippen MR) is 89.9 cm³/mol. The molecule has 0 radical (unpaired) electrons. The minimum Gasteiger partial charge on any atom is -0.349 e. The fourth-order valence-electron chi connectivity index (χ4n) is 3.51. The van der Waals surface area contributed by atoms with Gasteiger partial charge in [-0.25, -0.2) is 0 Å². The maximum absolute atomic E-state index is 12.7. The van der Waals surface area contributed by atoms with Gasteiger partial charge in [-0.05, 0) is 37.8 Å². The van der Waals surface area contributed by atoms with Crippen LogP contribution in [0, 0.1) is 5.92 Å². The van der Waals surface area contributed by atoms with Crippen LogP contribution in [-0.4, -0.2) is 16.9 Å². The van der Waals surface area contributed by atoms with E-state index in [-0.39, 0.29) is 11.9 Å². The Morgan fingerprint density at radius 3 is 2.64 bits per heavy atom. The molecule has 1 aliphatic carbocycles. The molecule has 3 rings (SSSR count). The monoisotopic (exact) mass is 296 g/mol. The molecule has 1 saturated carbocycles. The van der Waals surface area contributed by atoms with Crippen LogP contribution in [-0.2, 0) is 0 Å². The standard InChI is InChI=1S/C19H24N2O/c1-14(15-8-4-2-3-5-9-15)21-19(22)17-12-13-20-18-11-7-6-10-16(17)18/h6-7,10-15H,2-5,8-9H2,1H3,(H,21,22)/t14-/m0/s1. The second-order valence-electron chi connectivity index (χ2n) is 6.39. The SMILES string of the molecule is C[C@H](NC(=O)c1ccnc2ccccc12)C1CCCCCC1. The van der Waals surface area contributed by atoms with Gasteiger partial charge in [0.15, 0.2) is 0 Å². The molecule has 1 atom stereocenters. The molecule has 0 spiro atoms. The molecule has 22 heavy (non-hydrogen) atoms. The average molecular weight is 296 g/mol. The zero-order chi connectivity index (χ0) is 15.4. The van der Waals surface area contributed by atoms with Gasteiger partial charge in [0, 0.05) is 17.6 Å². The van der Waals surface area contributed by atoms with Gasteiger partial charge < -0.3 is 5.32 Å². The highest BCUT2D eigenvalue weighted by Gasteiger charge is 2.21. The molecule has 2 aromatic rings. The summed E-state index contributed by atoms with van der Waals surface area (Å²) < 4.78 is 0. The lowest BCUT2D eigenvalue weighted by Crippen LogP contribution is -2.38. The second-order valence-corrected chi connectivity index (χ2v) is 6.39. The number of fused-ring (bicyclic) bond motifs is 1. The van der Waals surface area contributed by atoms with E-state index >= 15 is 0 Å². The van der Waals surface area contributed by atoms with Gasteiger partial charge in [0.2, 0.25) is 0 Å². The maximum Gasteiger partial charge on any atom is 0.252 e. The molecule has 116 valence electrons. The van der Waals surface area contributed by atoms with Gasteiger partial charge >= 0.3 is 0 Å². The van der Waals surface area contributed by atoms with Crippen LogP contribution >= 0.6 is 0 Å². The van der Waals surface area contributed by atoms with Gasteiger partial charge in [0.25, 0.3) is 5.91 Å². The Morgan fingerprint density at radius 1 is 1.14 bits per heavy atom. The Morgan fingerprint density at radius 2 is 1.86 bits per heavy atom. The van der Waals surface area contributed by atoms with Crippen LogP contribution in [0.5, 0.6) is 0 Å². The minimum atomic E-state index is 0.0235. The highest BCUT2D eigenvalue weighted by Crippen LogP contribution is 2.26. The number of hydrogen-bond acceptors (Lipinski definition) is 2. The van der Waals surface area contributed by atoms with E-state index < -0.39 is 0 Å². The summed E-state index contributed by atoms with van der Waals surface area (Å²) in [5, 5.41) is 4.15. The number of aromatic nitrogens is 1. The Hall–Kier alpha value is -1.90. The highest BCUT2D eigenvalue weighted by molar-refractivity contribution is 6.06. The number of benzene rings is 1. The van der Waals surface area contributed by atoms with Gasteiger partial charge in [-0.15, -0.1) is 0 Å². The Kier molecular flexibility index (Phi) is 4.71. The first-order chi connectivity index (χ1) is 10.8. The van der Waals surface area contributed by atoms with Crippen molar-refractivity contribution in [2.75, 3.05) is 0 Å². The van der Waals surface area contributed by atoms with E-state index in [0.717, 1.165) is 16.5 Å². The summed E-state index contributed by atoms with van der Waals surface area (Å²) in [5.41, 5.74) is 1.60. The van der Waals surface area contributed by atoms with E-state index in [1.165, 1.54) is 38.5 Å². The van der Waals surface area contributed by atoms with Crippen molar-refractivity contribution in [2.24, 2.45) is 5.92 Å². The Balaban J connectivity index is 1.75. The van der Waals surface area contributed by atoms with Crippen LogP contribution in [0.25, 0.3) is 10.9 Å². The number of para-hydroxylation sites is 1. The summed E-state index contributed by atoms with van der Waals surface area (Å²) >= 11 is 0. The van der Waals surface area contributed by atoms with Crippen LogP contribution in [0.1, 0.15) is 55.8 Å². The van der Waals surface area contributed by atoms with Gasteiger partial charge in [0.1, 0.15) is 0 Å². The molecule has 3 heteroatoms. The van der Waals surface area contributed by atoms with Gasteiger partial charge in [0.05, 0.1) is 11.1 Å². The van der Waals surface area contributed by atoms with Crippen molar-refractivity contribution in [3.8, 4) is 0 Å². The van der Waals surface area contributed by atoms with Crippen LogP contribution in [0.2, 0.25) is 0 Å². The van der Waals surface area contributed by atoms with E-state index in [4.69, 9.17) is 0 Å². The molecule has 0 aliphatic heterocycles. The minimum absolute atomic E-state index is 0.0235. The fourth-order valence-corrected chi connectivity index (χ4v) is 3.51. The first-order valence-electron chi connectivity index (χ1n) is 8.40.